The third-order valence-corrected chi connectivity index (χ3v) is 6.92. The van der Waals surface area contributed by atoms with Gasteiger partial charge < -0.3 is 15.0 Å². The number of para-hydroxylation sites is 1. The maximum atomic E-state index is 13.0. The minimum Gasteiger partial charge on any atom is -0.457 e. The fourth-order valence-electron chi connectivity index (χ4n) is 3.99. The first-order valence-electron chi connectivity index (χ1n) is 11.3. The second-order valence-electron chi connectivity index (χ2n) is 8.33. The predicted octanol–water partition coefficient (Wildman–Crippen LogP) is 4.40. The number of nitrogens with one attached hydrogen (secondary N) is 1. The summed E-state index contributed by atoms with van der Waals surface area (Å²) in [7, 11) is -3.76. The van der Waals surface area contributed by atoms with Crippen LogP contribution in [0.2, 0.25) is 0 Å². The van der Waals surface area contributed by atoms with Gasteiger partial charge in [0, 0.05) is 24.3 Å². The molecule has 9 heteroatoms. The standard InChI is InChI=1S/C26H27N3O5S/c1-19(26(31)27-20-10-12-21(13-11-20)28-18-6-9-25(28)30)29(35(2,32)33)22-14-16-24(17-15-22)34-23-7-4-3-5-8-23/h3-5,7-8,10-17,19H,6,9,18H2,1-2H3,(H,27,31)/t19-/m0/s1. The van der Waals surface area contributed by atoms with Crippen LogP contribution in [0.25, 0.3) is 0 Å². The van der Waals surface area contributed by atoms with Crippen molar-refractivity contribution in [3.8, 4) is 11.5 Å². The molecular formula is C26H27N3O5S. The first-order valence-corrected chi connectivity index (χ1v) is 13.1. The number of rotatable bonds is 8. The highest BCUT2D eigenvalue weighted by molar-refractivity contribution is 7.92. The average Bonchev–Trinajstić information content (AvgIpc) is 3.26. The number of amides is 2. The summed E-state index contributed by atoms with van der Waals surface area (Å²) in [4.78, 5) is 26.6. The number of carbonyl (C=O) groups excluding carboxylic acids is 2. The third kappa shape index (κ3) is 5.81. The Morgan fingerprint density at radius 3 is 2.17 bits per heavy atom. The van der Waals surface area contributed by atoms with Crippen LogP contribution < -0.4 is 19.3 Å². The summed E-state index contributed by atoms with van der Waals surface area (Å²) in [5.41, 5.74) is 1.63. The number of sulfonamides is 1. The van der Waals surface area contributed by atoms with Crippen LogP contribution in [0.15, 0.2) is 78.9 Å². The Labute approximate surface area is 205 Å². The monoisotopic (exact) mass is 493 g/mol. The molecule has 8 nitrogen and oxygen atoms in total. The summed E-state index contributed by atoms with van der Waals surface area (Å²) in [6.45, 7) is 2.21. The Balaban J connectivity index is 1.47. The summed E-state index contributed by atoms with van der Waals surface area (Å²) in [6, 6.07) is 21.7. The zero-order valence-corrected chi connectivity index (χ0v) is 20.4. The number of anilines is 3. The van der Waals surface area contributed by atoms with Crippen LogP contribution in [-0.4, -0.2) is 39.1 Å². The van der Waals surface area contributed by atoms with Gasteiger partial charge in [0.15, 0.2) is 0 Å². The molecule has 0 aliphatic carbocycles. The topological polar surface area (TPSA) is 96.0 Å². The highest BCUT2D eigenvalue weighted by Gasteiger charge is 2.29. The second-order valence-corrected chi connectivity index (χ2v) is 10.2. The molecule has 1 heterocycles. The third-order valence-electron chi connectivity index (χ3n) is 5.68. The molecule has 1 saturated heterocycles. The van der Waals surface area contributed by atoms with Crippen LogP contribution in [0, 0.1) is 0 Å². The maximum absolute atomic E-state index is 13.0. The molecule has 3 aromatic carbocycles. The lowest BCUT2D eigenvalue weighted by Crippen LogP contribution is -2.45. The Bertz CT molecular complexity index is 1290. The molecule has 0 spiro atoms. The maximum Gasteiger partial charge on any atom is 0.247 e. The van der Waals surface area contributed by atoms with Crippen molar-refractivity contribution in [1.29, 1.82) is 0 Å². The molecule has 2 amide bonds. The van der Waals surface area contributed by atoms with Gasteiger partial charge in [0.25, 0.3) is 0 Å². The van der Waals surface area contributed by atoms with Crippen LogP contribution in [0.1, 0.15) is 19.8 Å². The summed E-state index contributed by atoms with van der Waals surface area (Å²) in [5, 5.41) is 2.76. The SMILES string of the molecule is C[C@@H](C(=O)Nc1ccc(N2CCCC2=O)cc1)N(c1ccc(Oc2ccccc2)cc1)S(C)(=O)=O. The summed E-state index contributed by atoms with van der Waals surface area (Å²) >= 11 is 0. The van der Waals surface area contributed by atoms with E-state index in [-0.39, 0.29) is 5.91 Å². The minimum absolute atomic E-state index is 0.0828. The molecule has 0 saturated carbocycles. The van der Waals surface area contributed by atoms with E-state index in [0.29, 0.717) is 35.8 Å². The molecule has 0 unspecified atom stereocenters. The lowest BCUT2D eigenvalue weighted by molar-refractivity contribution is -0.117. The molecule has 0 aromatic heterocycles. The van der Waals surface area contributed by atoms with E-state index in [9.17, 15) is 18.0 Å². The van der Waals surface area contributed by atoms with Gasteiger partial charge in [-0.2, -0.15) is 0 Å². The molecule has 1 fully saturated rings. The fourth-order valence-corrected chi connectivity index (χ4v) is 5.16. The number of hydrogen-bond acceptors (Lipinski definition) is 5. The van der Waals surface area contributed by atoms with Crippen molar-refractivity contribution in [3.63, 3.8) is 0 Å². The molecule has 1 N–H and O–H groups in total. The van der Waals surface area contributed by atoms with Crippen LogP contribution in [-0.2, 0) is 19.6 Å². The van der Waals surface area contributed by atoms with Crippen molar-refractivity contribution in [1.82, 2.24) is 0 Å². The van der Waals surface area contributed by atoms with Crippen molar-refractivity contribution >= 4 is 38.9 Å². The van der Waals surface area contributed by atoms with Crippen LogP contribution in [0.5, 0.6) is 11.5 Å². The van der Waals surface area contributed by atoms with Gasteiger partial charge in [-0.15, -0.1) is 0 Å². The normalized spacial score (nSPS) is 14.5. The smallest absolute Gasteiger partial charge is 0.247 e. The van der Waals surface area contributed by atoms with E-state index >= 15 is 0 Å². The molecule has 1 aliphatic heterocycles. The number of ether oxygens (including phenoxy) is 1. The summed E-state index contributed by atoms with van der Waals surface area (Å²) in [6.07, 6.45) is 2.43. The van der Waals surface area contributed by atoms with Gasteiger partial charge in [0.05, 0.1) is 11.9 Å². The van der Waals surface area contributed by atoms with E-state index in [0.717, 1.165) is 22.7 Å². The molecule has 35 heavy (non-hydrogen) atoms. The summed E-state index contributed by atoms with van der Waals surface area (Å²) in [5.74, 6) is 0.805. The lowest BCUT2D eigenvalue weighted by atomic mass is 10.2. The zero-order chi connectivity index (χ0) is 25.0. The highest BCUT2D eigenvalue weighted by atomic mass is 32.2. The largest absolute Gasteiger partial charge is 0.457 e. The average molecular weight is 494 g/mol. The van der Waals surface area contributed by atoms with E-state index in [2.05, 4.69) is 5.32 Å². The molecule has 1 atom stereocenters. The molecule has 4 rings (SSSR count). The van der Waals surface area contributed by atoms with E-state index < -0.39 is 22.0 Å². The van der Waals surface area contributed by atoms with Gasteiger partial charge >= 0.3 is 0 Å². The highest BCUT2D eigenvalue weighted by Crippen LogP contribution is 2.28. The predicted molar refractivity (Wildman–Crippen MR) is 136 cm³/mol. The number of nitrogens with zero attached hydrogens (tertiary/aromatic N) is 2. The van der Waals surface area contributed by atoms with Crippen LogP contribution in [0.4, 0.5) is 17.1 Å². The van der Waals surface area contributed by atoms with Gasteiger partial charge in [0.1, 0.15) is 17.5 Å². The first-order chi connectivity index (χ1) is 16.7. The van der Waals surface area contributed by atoms with Gasteiger partial charge in [-0.05, 0) is 74.0 Å². The van der Waals surface area contributed by atoms with Gasteiger partial charge in [-0.1, -0.05) is 18.2 Å². The van der Waals surface area contributed by atoms with Crippen molar-refractivity contribution in [3.05, 3.63) is 78.9 Å². The van der Waals surface area contributed by atoms with Gasteiger partial charge in [-0.25, -0.2) is 8.42 Å². The lowest BCUT2D eigenvalue weighted by Gasteiger charge is -2.28. The Morgan fingerprint density at radius 2 is 1.60 bits per heavy atom. The van der Waals surface area contributed by atoms with Crippen molar-refractivity contribution in [2.24, 2.45) is 0 Å². The van der Waals surface area contributed by atoms with Gasteiger partial charge in [0.2, 0.25) is 21.8 Å². The Hall–Kier alpha value is -3.85. The van der Waals surface area contributed by atoms with Crippen LogP contribution in [0.3, 0.4) is 0 Å². The molecular weight excluding hydrogens is 466 g/mol. The summed E-state index contributed by atoms with van der Waals surface area (Å²) < 4.78 is 32.1. The zero-order valence-electron chi connectivity index (χ0n) is 19.5. The molecule has 3 aromatic rings. The van der Waals surface area contributed by atoms with Crippen molar-refractivity contribution in [2.75, 3.05) is 27.3 Å². The number of carbonyl (C=O) groups is 2. The molecule has 0 radical (unpaired) electrons. The van der Waals surface area contributed by atoms with E-state index in [4.69, 9.17) is 4.74 Å². The van der Waals surface area contributed by atoms with E-state index in [1.165, 1.54) is 6.92 Å². The molecule has 0 bridgehead atoms. The molecule has 1 aliphatic rings. The fraction of sp³-hybridized carbons (Fsp3) is 0.231. The quantitative estimate of drug-likeness (QED) is 0.502. The van der Waals surface area contributed by atoms with Crippen molar-refractivity contribution in [2.45, 2.75) is 25.8 Å². The Morgan fingerprint density at radius 1 is 0.971 bits per heavy atom. The first kappa shape index (κ1) is 24.3. The van der Waals surface area contributed by atoms with E-state index in [1.807, 2.05) is 30.3 Å². The van der Waals surface area contributed by atoms with Gasteiger partial charge in [-0.3, -0.25) is 13.9 Å². The number of benzene rings is 3. The van der Waals surface area contributed by atoms with Crippen molar-refractivity contribution < 1.29 is 22.7 Å². The second kappa shape index (κ2) is 10.2. The Kier molecular flexibility index (Phi) is 7.07. The molecule has 182 valence electrons. The number of hydrogen-bond donors (Lipinski definition) is 1. The van der Waals surface area contributed by atoms with Crippen LogP contribution >= 0.6 is 0 Å². The minimum atomic E-state index is -3.76. The van der Waals surface area contributed by atoms with E-state index in [1.54, 1.807) is 53.4 Å².